The van der Waals surface area contributed by atoms with Gasteiger partial charge in [-0.25, -0.2) is 10.2 Å². The van der Waals surface area contributed by atoms with Gasteiger partial charge in [0.25, 0.3) is 0 Å². The van der Waals surface area contributed by atoms with Gasteiger partial charge in [0.15, 0.2) is 0 Å². The van der Waals surface area contributed by atoms with Gasteiger partial charge in [0.1, 0.15) is 5.00 Å². The summed E-state index contributed by atoms with van der Waals surface area (Å²) in [5, 5.41) is 6.82. The standard InChI is InChI=1S/C19H18BrN3O4S/c1-10(11-6-8-12(20)9-7-11)22-23-17(25)16(24)21-18-15(19(26)27-2)13-4-3-5-14(13)28-18/h6-9H,3-5H2,1-2H3,(H,21,24)(H,23,25)/b22-10+. The van der Waals surface area contributed by atoms with Crippen molar-refractivity contribution < 1.29 is 19.1 Å². The molecule has 0 spiro atoms. The van der Waals surface area contributed by atoms with Crippen molar-refractivity contribution in [2.24, 2.45) is 5.10 Å². The van der Waals surface area contributed by atoms with Gasteiger partial charge < -0.3 is 10.1 Å². The summed E-state index contributed by atoms with van der Waals surface area (Å²) in [7, 11) is 1.29. The molecule has 1 aromatic carbocycles. The lowest BCUT2D eigenvalue weighted by Crippen LogP contribution is -2.33. The molecule has 0 aliphatic heterocycles. The number of hydrogen-bond donors (Lipinski definition) is 2. The molecule has 7 nitrogen and oxygen atoms in total. The fourth-order valence-electron chi connectivity index (χ4n) is 2.91. The zero-order valence-electron chi connectivity index (χ0n) is 15.3. The van der Waals surface area contributed by atoms with E-state index < -0.39 is 17.8 Å². The number of nitrogens with one attached hydrogen (secondary N) is 2. The zero-order chi connectivity index (χ0) is 20.3. The molecule has 28 heavy (non-hydrogen) atoms. The molecule has 3 rings (SSSR count). The molecule has 0 radical (unpaired) electrons. The van der Waals surface area contributed by atoms with Gasteiger partial charge in [-0.15, -0.1) is 11.3 Å². The Hall–Kier alpha value is -2.52. The number of methoxy groups -OCH3 is 1. The summed E-state index contributed by atoms with van der Waals surface area (Å²) in [6.07, 6.45) is 2.57. The number of halogens is 1. The quantitative estimate of drug-likeness (QED) is 0.314. The van der Waals surface area contributed by atoms with E-state index in [0.717, 1.165) is 39.7 Å². The molecule has 146 valence electrons. The van der Waals surface area contributed by atoms with Gasteiger partial charge in [0.2, 0.25) is 0 Å². The third kappa shape index (κ3) is 4.31. The number of hydrazone groups is 1. The van der Waals surface area contributed by atoms with E-state index in [4.69, 9.17) is 4.74 Å². The second kappa shape index (κ2) is 8.66. The van der Waals surface area contributed by atoms with E-state index in [1.165, 1.54) is 18.4 Å². The number of nitrogens with zero attached hydrogens (tertiary/aromatic N) is 1. The van der Waals surface area contributed by atoms with Gasteiger partial charge in [-0.1, -0.05) is 28.1 Å². The van der Waals surface area contributed by atoms with Crippen LogP contribution in [0.4, 0.5) is 5.00 Å². The van der Waals surface area contributed by atoms with Crippen LogP contribution >= 0.6 is 27.3 Å². The zero-order valence-corrected chi connectivity index (χ0v) is 17.7. The summed E-state index contributed by atoms with van der Waals surface area (Å²) >= 11 is 4.66. The number of hydrogen-bond acceptors (Lipinski definition) is 6. The highest BCUT2D eigenvalue weighted by atomic mass is 79.9. The fraction of sp³-hybridized carbons (Fsp3) is 0.263. The largest absolute Gasteiger partial charge is 0.465 e. The first kappa shape index (κ1) is 20.2. The highest BCUT2D eigenvalue weighted by Crippen LogP contribution is 2.39. The number of thiophene rings is 1. The molecule has 1 aliphatic rings. The number of carbonyl (C=O) groups excluding carboxylic acids is 3. The summed E-state index contributed by atoms with van der Waals surface area (Å²) in [5.74, 6) is -2.32. The third-order valence-electron chi connectivity index (χ3n) is 4.33. The second-order valence-electron chi connectivity index (χ2n) is 6.15. The van der Waals surface area contributed by atoms with Gasteiger partial charge in [0, 0.05) is 9.35 Å². The first-order chi connectivity index (χ1) is 13.4. The Labute approximate surface area is 174 Å². The van der Waals surface area contributed by atoms with E-state index in [0.29, 0.717) is 16.3 Å². The van der Waals surface area contributed by atoms with Crippen molar-refractivity contribution in [3.05, 3.63) is 50.3 Å². The number of benzene rings is 1. The Morgan fingerprint density at radius 3 is 2.54 bits per heavy atom. The van der Waals surface area contributed by atoms with E-state index >= 15 is 0 Å². The molecule has 0 saturated carbocycles. The lowest BCUT2D eigenvalue weighted by atomic mass is 10.1. The number of carbonyl (C=O) groups is 3. The Morgan fingerprint density at radius 2 is 1.86 bits per heavy atom. The number of anilines is 1. The highest BCUT2D eigenvalue weighted by molar-refractivity contribution is 9.10. The van der Waals surface area contributed by atoms with E-state index in [9.17, 15) is 14.4 Å². The van der Waals surface area contributed by atoms with Crippen LogP contribution in [0, 0.1) is 0 Å². The van der Waals surface area contributed by atoms with Crippen molar-refractivity contribution in [1.29, 1.82) is 0 Å². The minimum absolute atomic E-state index is 0.338. The minimum Gasteiger partial charge on any atom is -0.465 e. The van der Waals surface area contributed by atoms with Gasteiger partial charge in [-0.3, -0.25) is 9.59 Å². The van der Waals surface area contributed by atoms with E-state index in [1.54, 1.807) is 6.92 Å². The number of fused-ring (bicyclic) bond motifs is 1. The molecular weight excluding hydrogens is 446 g/mol. The van der Waals surface area contributed by atoms with Crippen LogP contribution in [0.2, 0.25) is 0 Å². The molecule has 1 aliphatic carbocycles. The van der Waals surface area contributed by atoms with Crippen LogP contribution in [0.15, 0.2) is 33.8 Å². The van der Waals surface area contributed by atoms with Gasteiger partial charge in [-0.2, -0.15) is 5.10 Å². The predicted octanol–water partition coefficient (Wildman–Crippen LogP) is 3.26. The Kier molecular flexibility index (Phi) is 6.25. The normalized spacial score (nSPS) is 13.0. The van der Waals surface area contributed by atoms with Crippen LogP contribution in [0.3, 0.4) is 0 Å². The second-order valence-corrected chi connectivity index (χ2v) is 8.17. The van der Waals surface area contributed by atoms with Crippen molar-refractivity contribution in [1.82, 2.24) is 5.43 Å². The summed E-state index contributed by atoms with van der Waals surface area (Å²) in [6, 6.07) is 7.39. The van der Waals surface area contributed by atoms with Gasteiger partial charge in [-0.05, 0) is 49.4 Å². The van der Waals surface area contributed by atoms with Crippen LogP contribution in [0.5, 0.6) is 0 Å². The molecule has 0 bridgehead atoms. The van der Waals surface area contributed by atoms with Crippen LogP contribution in [-0.2, 0) is 27.2 Å². The third-order valence-corrected chi connectivity index (χ3v) is 6.07. The SMILES string of the molecule is COC(=O)c1c(NC(=O)C(=O)N/N=C(\C)c2ccc(Br)cc2)sc2c1CCC2. The van der Waals surface area contributed by atoms with Crippen molar-refractivity contribution in [3.8, 4) is 0 Å². The molecule has 2 amide bonds. The van der Waals surface area contributed by atoms with Crippen LogP contribution in [0.25, 0.3) is 0 Å². The highest BCUT2D eigenvalue weighted by Gasteiger charge is 2.29. The maximum atomic E-state index is 12.3. The Morgan fingerprint density at radius 1 is 1.14 bits per heavy atom. The number of rotatable bonds is 4. The predicted molar refractivity (Wildman–Crippen MR) is 111 cm³/mol. The molecule has 0 saturated heterocycles. The maximum Gasteiger partial charge on any atom is 0.341 e. The van der Waals surface area contributed by atoms with Crippen molar-refractivity contribution in [3.63, 3.8) is 0 Å². The maximum absolute atomic E-state index is 12.3. The Balaban J connectivity index is 1.70. The van der Waals surface area contributed by atoms with Crippen molar-refractivity contribution in [2.75, 3.05) is 12.4 Å². The smallest absolute Gasteiger partial charge is 0.341 e. The van der Waals surface area contributed by atoms with E-state index in [1.807, 2.05) is 24.3 Å². The van der Waals surface area contributed by atoms with Crippen LogP contribution < -0.4 is 10.7 Å². The molecule has 0 fully saturated rings. The number of aryl methyl sites for hydroxylation is 1. The van der Waals surface area contributed by atoms with Gasteiger partial charge >= 0.3 is 17.8 Å². The molecular formula is C19H18BrN3O4S. The molecule has 2 N–H and O–H groups in total. The minimum atomic E-state index is -0.916. The first-order valence-electron chi connectivity index (χ1n) is 8.55. The van der Waals surface area contributed by atoms with E-state index in [2.05, 4.69) is 31.8 Å². The summed E-state index contributed by atoms with van der Waals surface area (Å²) < 4.78 is 5.76. The number of esters is 1. The number of ether oxygens (including phenoxy) is 1. The summed E-state index contributed by atoms with van der Waals surface area (Å²) in [5.41, 5.74) is 4.85. The van der Waals surface area contributed by atoms with E-state index in [-0.39, 0.29) is 0 Å². The molecule has 0 atom stereocenters. The molecule has 0 unspecified atom stereocenters. The topological polar surface area (TPSA) is 96.9 Å². The summed E-state index contributed by atoms with van der Waals surface area (Å²) in [4.78, 5) is 37.5. The lowest BCUT2D eigenvalue weighted by molar-refractivity contribution is -0.136. The first-order valence-corrected chi connectivity index (χ1v) is 10.2. The fourth-order valence-corrected chi connectivity index (χ4v) is 4.45. The van der Waals surface area contributed by atoms with Crippen LogP contribution in [-0.4, -0.2) is 30.6 Å². The Bertz CT molecular complexity index is 966. The van der Waals surface area contributed by atoms with Crippen molar-refractivity contribution in [2.45, 2.75) is 26.2 Å². The monoisotopic (exact) mass is 463 g/mol. The average molecular weight is 464 g/mol. The van der Waals surface area contributed by atoms with Gasteiger partial charge in [0.05, 0.1) is 18.4 Å². The number of amides is 2. The molecule has 1 heterocycles. The molecule has 1 aromatic heterocycles. The van der Waals surface area contributed by atoms with Crippen molar-refractivity contribution >= 4 is 55.8 Å². The average Bonchev–Trinajstić information content (AvgIpc) is 3.26. The summed E-state index contributed by atoms with van der Waals surface area (Å²) in [6.45, 7) is 1.72. The van der Waals surface area contributed by atoms with Crippen LogP contribution in [0.1, 0.15) is 39.7 Å². The molecule has 2 aromatic rings. The molecule has 9 heteroatoms. The lowest BCUT2D eigenvalue weighted by Gasteiger charge is -2.06.